The number of halogens is 2. The van der Waals surface area contributed by atoms with Crippen molar-refractivity contribution in [1.29, 1.82) is 0 Å². The summed E-state index contributed by atoms with van der Waals surface area (Å²) < 4.78 is 38.0. The molecule has 0 saturated carbocycles. The van der Waals surface area contributed by atoms with Crippen molar-refractivity contribution in [3.63, 3.8) is 0 Å². The van der Waals surface area contributed by atoms with Gasteiger partial charge in [0.1, 0.15) is 29.8 Å². The number of piperazine rings is 1. The molecular formula is C35H33F2N7O. The number of fused-ring (bicyclic) bond motifs is 7. The Morgan fingerprint density at radius 2 is 1.96 bits per heavy atom. The van der Waals surface area contributed by atoms with Gasteiger partial charge in [0.25, 0.3) is 0 Å². The van der Waals surface area contributed by atoms with Crippen molar-refractivity contribution >= 4 is 33.3 Å². The van der Waals surface area contributed by atoms with E-state index in [2.05, 4.69) is 21.0 Å². The minimum absolute atomic E-state index is 0.222. The molecule has 5 aromatic rings. The molecule has 7 heterocycles. The molecule has 4 saturated heterocycles. The quantitative estimate of drug-likeness (QED) is 0.279. The van der Waals surface area contributed by atoms with Gasteiger partial charge in [0.05, 0.1) is 16.6 Å². The Balaban J connectivity index is 1.24. The lowest BCUT2D eigenvalue weighted by molar-refractivity contribution is 0.107. The molecule has 4 atom stereocenters. The van der Waals surface area contributed by atoms with Gasteiger partial charge in [-0.05, 0) is 55.3 Å². The molecule has 4 aliphatic heterocycles. The van der Waals surface area contributed by atoms with Crippen LogP contribution < -0.4 is 15.0 Å². The van der Waals surface area contributed by atoms with Crippen molar-refractivity contribution < 1.29 is 13.5 Å². The van der Waals surface area contributed by atoms with E-state index in [1.807, 2.05) is 34.9 Å². The van der Waals surface area contributed by atoms with Crippen LogP contribution in [0.4, 0.5) is 14.6 Å². The topological polar surface area (TPSA) is 70.8 Å². The maximum Gasteiger partial charge on any atom is 0.319 e. The SMILES string of the molecule is C#Cc1c(F)ccc2cccc(-c3cc4nc(OC[C@@]56CCCN5C[C@H](F)C6)nc(N5C[C@H]6CC[C@@H](C5)N6)c4n4ccnc34)c12. The molecule has 1 N–H and O–H groups in total. The summed E-state index contributed by atoms with van der Waals surface area (Å²) in [4.78, 5) is 19.4. The molecule has 45 heavy (non-hydrogen) atoms. The van der Waals surface area contributed by atoms with Crippen LogP contribution in [0.3, 0.4) is 0 Å². The first-order chi connectivity index (χ1) is 22.0. The summed E-state index contributed by atoms with van der Waals surface area (Å²) in [6.45, 7) is 3.36. The molecule has 4 aliphatic rings. The first kappa shape index (κ1) is 27.0. The molecule has 8 nitrogen and oxygen atoms in total. The molecule has 0 spiro atoms. The zero-order chi connectivity index (χ0) is 30.3. The van der Waals surface area contributed by atoms with Crippen molar-refractivity contribution in [3.05, 3.63) is 60.2 Å². The van der Waals surface area contributed by atoms with Crippen LogP contribution >= 0.6 is 0 Å². The van der Waals surface area contributed by atoms with Gasteiger partial charge < -0.3 is 15.0 Å². The fraction of sp³-hybridized carbons (Fsp3) is 0.400. The van der Waals surface area contributed by atoms with Crippen LogP contribution in [0.5, 0.6) is 6.01 Å². The number of benzene rings is 2. The molecule has 9 rings (SSSR count). The van der Waals surface area contributed by atoms with Crippen molar-refractivity contribution in [2.45, 2.75) is 55.9 Å². The number of rotatable bonds is 5. The second-order valence-electron chi connectivity index (χ2n) is 13.1. The summed E-state index contributed by atoms with van der Waals surface area (Å²) in [6, 6.07) is 12.1. The average Bonchev–Trinajstić information content (AvgIpc) is 3.82. The Morgan fingerprint density at radius 1 is 1.09 bits per heavy atom. The van der Waals surface area contributed by atoms with E-state index >= 15 is 0 Å². The zero-order valence-corrected chi connectivity index (χ0v) is 24.8. The molecule has 0 aliphatic carbocycles. The molecule has 3 aromatic heterocycles. The van der Waals surface area contributed by atoms with Crippen LogP contribution in [-0.4, -0.2) is 80.8 Å². The van der Waals surface area contributed by atoms with E-state index in [9.17, 15) is 8.78 Å². The first-order valence-corrected chi connectivity index (χ1v) is 15.9. The predicted molar refractivity (Wildman–Crippen MR) is 170 cm³/mol. The Bertz CT molecular complexity index is 2030. The third kappa shape index (κ3) is 4.21. The number of nitrogens with one attached hydrogen (secondary N) is 1. The molecule has 4 fully saturated rings. The van der Waals surface area contributed by atoms with Crippen molar-refractivity contribution in [1.82, 2.24) is 29.6 Å². The lowest BCUT2D eigenvalue weighted by Gasteiger charge is -2.34. The van der Waals surface area contributed by atoms with Crippen LogP contribution in [0, 0.1) is 18.2 Å². The zero-order valence-electron chi connectivity index (χ0n) is 24.8. The van der Waals surface area contributed by atoms with E-state index < -0.39 is 12.0 Å². The van der Waals surface area contributed by atoms with E-state index in [0.717, 1.165) is 73.2 Å². The molecule has 2 bridgehead atoms. The fourth-order valence-corrected chi connectivity index (χ4v) is 8.48. The van der Waals surface area contributed by atoms with Crippen LogP contribution in [0.1, 0.15) is 37.7 Å². The standard InChI is InChI=1S/C35H33F2N7O/c1-2-25-28(37)10-7-21-5-3-6-26(30(21)25)27-15-29-31(44-14-12-38-32(27)44)33(42-18-23-8-9-24(19-42)39-23)41-34(40-29)45-20-35-11-4-13-43(35)17-22(36)16-35/h1,3,5-7,10,12,14-15,22-24,39H,4,8-9,11,13,16-20H2/t22-,23-,24+,35+/m1/s1. The predicted octanol–water partition coefficient (Wildman–Crippen LogP) is 5.11. The lowest BCUT2D eigenvalue weighted by atomic mass is 9.94. The number of pyridine rings is 1. The molecule has 2 aromatic carbocycles. The Hall–Kier alpha value is -4.33. The number of nitrogens with zero attached hydrogens (tertiary/aromatic N) is 6. The van der Waals surface area contributed by atoms with Crippen LogP contribution in [0.2, 0.25) is 0 Å². The molecular weight excluding hydrogens is 572 g/mol. The number of aromatic nitrogens is 4. The summed E-state index contributed by atoms with van der Waals surface area (Å²) in [7, 11) is 0. The molecule has 0 unspecified atom stereocenters. The third-order valence-corrected chi connectivity index (χ3v) is 10.5. The second-order valence-corrected chi connectivity index (χ2v) is 13.1. The van der Waals surface area contributed by atoms with Crippen LogP contribution in [0.15, 0.2) is 48.8 Å². The van der Waals surface area contributed by atoms with E-state index in [4.69, 9.17) is 26.1 Å². The largest absolute Gasteiger partial charge is 0.461 e. The minimum Gasteiger partial charge on any atom is -0.461 e. The van der Waals surface area contributed by atoms with Crippen LogP contribution in [-0.2, 0) is 0 Å². The third-order valence-electron chi connectivity index (χ3n) is 10.5. The monoisotopic (exact) mass is 605 g/mol. The van der Waals surface area contributed by atoms with E-state index in [1.165, 1.54) is 6.07 Å². The van der Waals surface area contributed by atoms with Crippen molar-refractivity contribution in [3.8, 4) is 29.5 Å². The summed E-state index contributed by atoms with van der Waals surface area (Å²) in [6.07, 6.45) is 13.4. The van der Waals surface area contributed by atoms with Gasteiger partial charge in [0, 0.05) is 61.5 Å². The molecule has 0 radical (unpaired) electrons. The molecule has 228 valence electrons. The van der Waals surface area contributed by atoms with Gasteiger partial charge in [0.2, 0.25) is 0 Å². The van der Waals surface area contributed by atoms with Gasteiger partial charge in [-0.2, -0.15) is 9.97 Å². The fourth-order valence-electron chi connectivity index (χ4n) is 8.48. The van der Waals surface area contributed by atoms with Gasteiger partial charge in [-0.25, -0.2) is 13.8 Å². The number of hydrogen-bond donors (Lipinski definition) is 1. The summed E-state index contributed by atoms with van der Waals surface area (Å²) >= 11 is 0. The van der Waals surface area contributed by atoms with Crippen molar-refractivity contribution in [2.75, 3.05) is 37.7 Å². The number of anilines is 1. The van der Waals surface area contributed by atoms with E-state index in [1.54, 1.807) is 12.3 Å². The van der Waals surface area contributed by atoms with E-state index in [-0.39, 0.29) is 17.1 Å². The number of imidazole rings is 1. The summed E-state index contributed by atoms with van der Waals surface area (Å²) in [5, 5.41) is 5.22. The number of alkyl halides is 1. The maximum atomic E-state index is 15.0. The average molecular weight is 606 g/mol. The Morgan fingerprint density at radius 3 is 2.80 bits per heavy atom. The van der Waals surface area contributed by atoms with Gasteiger partial charge in [0.15, 0.2) is 5.82 Å². The smallest absolute Gasteiger partial charge is 0.319 e. The number of terminal acetylenes is 1. The van der Waals surface area contributed by atoms with Gasteiger partial charge in [-0.1, -0.05) is 30.2 Å². The normalized spacial score (nSPS) is 26.2. The van der Waals surface area contributed by atoms with Gasteiger partial charge >= 0.3 is 6.01 Å². The van der Waals surface area contributed by atoms with E-state index in [0.29, 0.717) is 48.2 Å². The maximum absolute atomic E-state index is 15.0. The number of hydrogen-bond acceptors (Lipinski definition) is 7. The van der Waals surface area contributed by atoms with Gasteiger partial charge in [-0.3, -0.25) is 9.30 Å². The highest BCUT2D eigenvalue weighted by Gasteiger charge is 2.49. The first-order valence-electron chi connectivity index (χ1n) is 15.9. The minimum atomic E-state index is -0.839. The second kappa shape index (κ2) is 10.1. The lowest BCUT2D eigenvalue weighted by Crippen LogP contribution is -2.51. The highest BCUT2D eigenvalue weighted by Crippen LogP contribution is 2.42. The Kier molecular flexibility index (Phi) is 6.06. The van der Waals surface area contributed by atoms with Crippen molar-refractivity contribution in [2.24, 2.45) is 0 Å². The summed E-state index contributed by atoms with van der Waals surface area (Å²) in [5.41, 5.74) is 3.71. The summed E-state index contributed by atoms with van der Waals surface area (Å²) in [5.74, 6) is 2.94. The molecule has 0 amide bonds. The highest BCUT2D eigenvalue weighted by molar-refractivity contribution is 6.05. The highest BCUT2D eigenvalue weighted by atomic mass is 19.1. The van der Waals surface area contributed by atoms with Crippen LogP contribution in [0.25, 0.3) is 38.6 Å². The Labute approximate surface area is 259 Å². The van der Waals surface area contributed by atoms with Gasteiger partial charge in [-0.15, -0.1) is 6.42 Å². The number of ether oxygens (including phenoxy) is 1. The molecule has 10 heteroatoms.